The molecule has 12 heteroatoms. The molecule has 3 aromatic rings. The lowest BCUT2D eigenvalue weighted by atomic mass is 10.0. The van der Waals surface area contributed by atoms with Crippen molar-refractivity contribution in [3.05, 3.63) is 97.9 Å². The summed E-state index contributed by atoms with van der Waals surface area (Å²) in [5.74, 6) is -1.01. The van der Waals surface area contributed by atoms with E-state index in [1.165, 1.54) is 29.2 Å². The van der Waals surface area contributed by atoms with Gasteiger partial charge >= 0.3 is 0 Å². The number of halogens is 4. The van der Waals surface area contributed by atoms with E-state index >= 15 is 0 Å². The molecular weight excluding hydrogens is 604 g/mol. The lowest BCUT2D eigenvalue weighted by Crippen LogP contribution is -2.53. The van der Waals surface area contributed by atoms with Crippen molar-refractivity contribution in [3.63, 3.8) is 0 Å². The molecular formula is C27H27Cl4N3O4S. The zero-order chi connectivity index (χ0) is 28.7. The van der Waals surface area contributed by atoms with Gasteiger partial charge in [-0.2, -0.15) is 0 Å². The number of carbonyl (C=O) groups is 2. The van der Waals surface area contributed by atoms with E-state index in [-0.39, 0.29) is 34.6 Å². The maximum atomic E-state index is 14.0. The average Bonchev–Trinajstić information content (AvgIpc) is 2.87. The number of sulfonamides is 1. The molecule has 0 saturated heterocycles. The van der Waals surface area contributed by atoms with E-state index in [1.54, 1.807) is 19.1 Å². The van der Waals surface area contributed by atoms with Crippen molar-refractivity contribution in [2.24, 2.45) is 0 Å². The minimum absolute atomic E-state index is 0.0670. The van der Waals surface area contributed by atoms with Gasteiger partial charge in [-0.1, -0.05) is 82.8 Å². The van der Waals surface area contributed by atoms with Crippen molar-refractivity contribution >= 4 is 73.9 Å². The number of carbonyl (C=O) groups excluding carboxylic acids is 2. The molecule has 0 aliphatic heterocycles. The molecule has 0 unspecified atom stereocenters. The van der Waals surface area contributed by atoms with E-state index in [0.29, 0.717) is 22.2 Å². The first-order valence-electron chi connectivity index (χ1n) is 11.9. The van der Waals surface area contributed by atoms with Crippen LogP contribution in [-0.4, -0.2) is 50.5 Å². The van der Waals surface area contributed by atoms with E-state index in [4.69, 9.17) is 46.4 Å². The van der Waals surface area contributed by atoms with Crippen LogP contribution in [0.1, 0.15) is 18.1 Å². The number of amides is 2. The summed E-state index contributed by atoms with van der Waals surface area (Å²) < 4.78 is 26.5. The van der Waals surface area contributed by atoms with Crippen LogP contribution in [0.3, 0.4) is 0 Å². The molecule has 0 bridgehead atoms. The topological polar surface area (TPSA) is 86.8 Å². The highest BCUT2D eigenvalue weighted by Gasteiger charge is 2.33. The Bertz CT molecular complexity index is 1440. The molecule has 2 amide bonds. The Kier molecular flexibility index (Phi) is 10.9. The van der Waals surface area contributed by atoms with Crippen LogP contribution in [-0.2, 0) is 32.6 Å². The average molecular weight is 631 g/mol. The molecule has 0 spiro atoms. The highest BCUT2D eigenvalue weighted by Crippen LogP contribution is 2.29. The van der Waals surface area contributed by atoms with Gasteiger partial charge in [0.1, 0.15) is 12.6 Å². The third-order valence-electron chi connectivity index (χ3n) is 5.85. The Morgan fingerprint density at radius 1 is 0.897 bits per heavy atom. The van der Waals surface area contributed by atoms with Crippen molar-refractivity contribution in [1.29, 1.82) is 0 Å². The van der Waals surface area contributed by atoms with E-state index in [2.05, 4.69) is 5.32 Å². The second kappa shape index (κ2) is 13.7. The summed E-state index contributed by atoms with van der Waals surface area (Å²) in [5.41, 5.74) is 1.51. The molecule has 0 heterocycles. The Balaban J connectivity index is 2.07. The monoisotopic (exact) mass is 629 g/mol. The first kappa shape index (κ1) is 31.0. The van der Waals surface area contributed by atoms with Crippen molar-refractivity contribution in [2.45, 2.75) is 25.9 Å². The van der Waals surface area contributed by atoms with Crippen LogP contribution in [0.25, 0.3) is 0 Å². The summed E-state index contributed by atoms with van der Waals surface area (Å²) in [6, 6.07) is 17.3. The van der Waals surface area contributed by atoms with Gasteiger partial charge < -0.3 is 10.2 Å². The predicted octanol–water partition coefficient (Wildman–Crippen LogP) is 5.84. The molecule has 0 saturated carbocycles. The molecule has 208 valence electrons. The first-order valence-corrected chi connectivity index (χ1v) is 15.2. The molecule has 3 rings (SSSR count). The second-order valence-electron chi connectivity index (χ2n) is 8.73. The molecule has 0 aromatic heterocycles. The van der Waals surface area contributed by atoms with Gasteiger partial charge in [0.05, 0.1) is 22.0 Å². The fourth-order valence-corrected chi connectivity index (χ4v) is 5.54. The van der Waals surface area contributed by atoms with E-state index in [1.807, 2.05) is 30.3 Å². The Morgan fingerprint density at radius 3 is 2.18 bits per heavy atom. The standard InChI is InChI=1S/C27H27Cl4N3O4S/c1-3-32-27(36)25(13-18-7-5-4-6-8-18)33(16-19-9-10-20(28)14-23(19)30)26(35)17-34(39(2,37)38)21-11-12-22(29)24(31)15-21/h4-12,14-15,25H,3,13,16-17H2,1-2H3,(H,32,36)/t25-/m1/s1. The lowest BCUT2D eigenvalue weighted by molar-refractivity contribution is -0.140. The number of nitrogens with zero attached hydrogens (tertiary/aromatic N) is 2. The van der Waals surface area contributed by atoms with Crippen LogP contribution in [0.4, 0.5) is 5.69 Å². The summed E-state index contributed by atoms with van der Waals surface area (Å²) in [6.45, 7) is 1.46. The van der Waals surface area contributed by atoms with Gasteiger partial charge in [0, 0.05) is 29.6 Å². The quantitative estimate of drug-likeness (QED) is 0.288. The van der Waals surface area contributed by atoms with E-state index in [0.717, 1.165) is 16.1 Å². The van der Waals surface area contributed by atoms with Crippen molar-refractivity contribution in [2.75, 3.05) is 23.7 Å². The summed E-state index contributed by atoms with van der Waals surface area (Å²) in [5, 5.41) is 3.87. The normalized spacial score (nSPS) is 12.1. The molecule has 1 atom stereocenters. The number of rotatable bonds is 11. The van der Waals surface area contributed by atoms with Crippen LogP contribution >= 0.6 is 46.4 Å². The zero-order valence-electron chi connectivity index (χ0n) is 21.2. The van der Waals surface area contributed by atoms with E-state index < -0.39 is 28.5 Å². The molecule has 0 radical (unpaired) electrons. The molecule has 3 aromatic carbocycles. The number of nitrogens with one attached hydrogen (secondary N) is 1. The fraction of sp³-hybridized carbons (Fsp3) is 0.259. The fourth-order valence-electron chi connectivity index (χ4n) is 3.93. The van der Waals surface area contributed by atoms with Gasteiger partial charge in [-0.3, -0.25) is 13.9 Å². The largest absolute Gasteiger partial charge is 0.355 e. The van der Waals surface area contributed by atoms with Gasteiger partial charge in [-0.05, 0) is 48.4 Å². The highest BCUT2D eigenvalue weighted by atomic mass is 35.5. The zero-order valence-corrected chi connectivity index (χ0v) is 25.0. The number of likely N-dealkylation sites (N-methyl/N-ethyl adjacent to an activating group) is 1. The number of hydrogen-bond acceptors (Lipinski definition) is 4. The minimum Gasteiger partial charge on any atom is -0.355 e. The van der Waals surface area contributed by atoms with Crippen LogP contribution in [0, 0.1) is 0 Å². The smallest absolute Gasteiger partial charge is 0.244 e. The van der Waals surface area contributed by atoms with Crippen molar-refractivity contribution in [3.8, 4) is 0 Å². The van der Waals surface area contributed by atoms with Crippen LogP contribution < -0.4 is 9.62 Å². The third kappa shape index (κ3) is 8.50. The summed E-state index contributed by atoms with van der Waals surface area (Å²) in [7, 11) is -3.94. The maximum Gasteiger partial charge on any atom is 0.244 e. The number of hydrogen-bond donors (Lipinski definition) is 1. The summed E-state index contributed by atoms with van der Waals surface area (Å²) in [6.07, 6.45) is 1.17. The van der Waals surface area contributed by atoms with Crippen molar-refractivity contribution < 1.29 is 18.0 Å². The Morgan fingerprint density at radius 2 is 1.59 bits per heavy atom. The molecule has 0 aliphatic rings. The highest BCUT2D eigenvalue weighted by molar-refractivity contribution is 7.92. The van der Waals surface area contributed by atoms with Gasteiger partial charge in [-0.15, -0.1) is 0 Å². The second-order valence-corrected chi connectivity index (χ2v) is 12.3. The van der Waals surface area contributed by atoms with Gasteiger partial charge in [0.25, 0.3) is 0 Å². The van der Waals surface area contributed by atoms with Crippen LogP contribution in [0.5, 0.6) is 0 Å². The molecule has 7 nitrogen and oxygen atoms in total. The molecule has 39 heavy (non-hydrogen) atoms. The Hall–Kier alpha value is -2.49. The van der Waals surface area contributed by atoms with Gasteiger partial charge in [0.2, 0.25) is 21.8 Å². The van der Waals surface area contributed by atoms with Crippen LogP contribution in [0.2, 0.25) is 20.1 Å². The predicted molar refractivity (Wildman–Crippen MR) is 158 cm³/mol. The third-order valence-corrected chi connectivity index (χ3v) is 8.31. The first-order chi connectivity index (χ1) is 18.4. The lowest BCUT2D eigenvalue weighted by Gasteiger charge is -2.33. The van der Waals surface area contributed by atoms with Gasteiger partial charge in [-0.25, -0.2) is 8.42 Å². The number of anilines is 1. The van der Waals surface area contributed by atoms with Crippen molar-refractivity contribution in [1.82, 2.24) is 10.2 Å². The molecule has 0 aliphatic carbocycles. The van der Waals surface area contributed by atoms with E-state index in [9.17, 15) is 18.0 Å². The summed E-state index contributed by atoms with van der Waals surface area (Å²) >= 11 is 24.6. The molecule has 0 fully saturated rings. The Labute approximate surface area is 248 Å². The van der Waals surface area contributed by atoms with Gasteiger partial charge in [0.15, 0.2) is 0 Å². The SMILES string of the molecule is CCNC(=O)[C@@H](Cc1ccccc1)N(Cc1ccc(Cl)cc1Cl)C(=O)CN(c1ccc(Cl)c(Cl)c1)S(C)(=O)=O. The van der Waals surface area contributed by atoms with Crippen LogP contribution in [0.15, 0.2) is 66.7 Å². The summed E-state index contributed by atoms with van der Waals surface area (Å²) in [4.78, 5) is 28.6. The maximum absolute atomic E-state index is 14.0. The molecule has 1 N–H and O–H groups in total. The minimum atomic E-state index is -3.94. The number of benzene rings is 3.